The van der Waals surface area contributed by atoms with Crippen LogP contribution < -0.4 is 5.32 Å². The summed E-state index contributed by atoms with van der Waals surface area (Å²) in [6.07, 6.45) is 4.50. The van der Waals surface area contributed by atoms with Gasteiger partial charge in [0.25, 0.3) is 0 Å². The van der Waals surface area contributed by atoms with Crippen molar-refractivity contribution in [2.45, 2.75) is 58.5 Å². The van der Waals surface area contributed by atoms with Gasteiger partial charge in [0.05, 0.1) is 13.2 Å². The Hall–Kier alpha value is -0.610. The number of likely N-dealkylation sites (tertiary alicyclic amines) is 1. The van der Waals surface area contributed by atoms with Gasteiger partial charge in [-0.15, -0.1) is 0 Å². The van der Waals surface area contributed by atoms with E-state index in [0.717, 1.165) is 25.8 Å². The van der Waals surface area contributed by atoms with E-state index in [1.807, 2.05) is 6.92 Å². The van der Waals surface area contributed by atoms with Crippen LogP contribution in [0.15, 0.2) is 0 Å². The Morgan fingerprint density at radius 2 is 2.06 bits per heavy atom. The van der Waals surface area contributed by atoms with Gasteiger partial charge in [-0.3, -0.25) is 9.69 Å². The third-order valence-electron chi connectivity index (χ3n) is 3.95. The zero-order valence-corrected chi connectivity index (χ0v) is 12.0. The summed E-state index contributed by atoms with van der Waals surface area (Å²) in [7, 11) is 0. The molecule has 0 aliphatic carbocycles. The molecule has 0 aromatic heterocycles. The van der Waals surface area contributed by atoms with Gasteiger partial charge in [0, 0.05) is 12.1 Å². The monoisotopic (exact) mass is 256 g/mol. The van der Waals surface area contributed by atoms with E-state index in [1.54, 1.807) is 0 Å². The molecule has 1 aliphatic rings. The summed E-state index contributed by atoms with van der Waals surface area (Å²) in [5.74, 6) is 0.531. The molecule has 0 aromatic rings. The van der Waals surface area contributed by atoms with Crippen LogP contribution in [-0.2, 0) is 4.79 Å². The normalized spacial score (nSPS) is 23.7. The highest BCUT2D eigenvalue weighted by atomic mass is 16.3. The number of hydrogen-bond acceptors (Lipinski definition) is 3. The molecule has 0 spiro atoms. The van der Waals surface area contributed by atoms with Gasteiger partial charge in [0.1, 0.15) is 0 Å². The number of aliphatic hydroxyl groups excluding tert-OH is 1. The minimum Gasteiger partial charge on any atom is -0.395 e. The van der Waals surface area contributed by atoms with Crippen molar-refractivity contribution in [3.05, 3.63) is 0 Å². The quantitative estimate of drug-likeness (QED) is 0.781. The summed E-state index contributed by atoms with van der Waals surface area (Å²) in [6, 6.07) is 0.365. The zero-order chi connectivity index (χ0) is 13.5. The summed E-state index contributed by atoms with van der Waals surface area (Å²) < 4.78 is 0. The van der Waals surface area contributed by atoms with Crippen LogP contribution >= 0.6 is 0 Å². The molecule has 2 unspecified atom stereocenters. The smallest absolute Gasteiger partial charge is 0.234 e. The third kappa shape index (κ3) is 4.94. The number of hydrogen-bond donors (Lipinski definition) is 2. The number of carbonyl (C=O) groups is 1. The molecule has 18 heavy (non-hydrogen) atoms. The van der Waals surface area contributed by atoms with Crippen molar-refractivity contribution in [3.63, 3.8) is 0 Å². The molecule has 1 fully saturated rings. The van der Waals surface area contributed by atoms with Gasteiger partial charge >= 0.3 is 0 Å². The maximum Gasteiger partial charge on any atom is 0.234 e. The largest absolute Gasteiger partial charge is 0.395 e. The lowest BCUT2D eigenvalue weighted by Crippen LogP contribution is -2.47. The van der Waals surface area contributed by atoms with Crippen LogP contribution in [-0.4, -0.2) is 47.7 Å². The second-order valence-corrected chi connectivity index (χ2v) is 5.76. The number of rotatable bonds is 5. The van der Waals surface area contributed by atoms with E-state index >= 15 is 0 Å². The van der Waals surface area contributed by atoms with Crippen LogP contribution in [0.2, 0.25) is 0 Å². The maximum atomic E-state index is 12.0. The molecule has 4 nitrogen and oxygen atoms in total. The topological polar surface area (TPSA) is 52.6 Å². The van der Waals surface area contributed by atoms with Crippen LogP contribution in [0.4, 0.5) is 0 Å². The lowest BCUT2D eigenvalue weighted by Gasteiger charge is -2.28. The van der Waals surface area contributed by atoms with E-state index in [9.17, 15) is 9.90 Å². The Kier molecular flexibility index (Phi) is 6.65. The molecule has 2 N–H and O–H groups in total. The molecular formula is C14H28N2O2. The Bertz CT molecular complexity index is 256. The van der Waals surface area contributed by atoms with Crippen LogP contribution in [0.3, 0.4) is 0 Å². The van der Waals surface area contributed by atoms with Gasteiger partial charge in [-0.1, -0.05) is 26.7 Å². The molecule has 1 rings (SSSR count). The SMILES string of the molecule is CC(C)C(C)NC(=O)CN1CCCCCC1CO. The highest BCUT2D eigenvalue weighted by Crippen LogP contribution is 2.16. The van der Waals surface area contributed by atoms with Crippen LogP contribution in [0.1, 0.15) is 46.5 Å². The van der Waals surface area contributed by atoms with E-state index in [0.29, 0.717) is 12.5 Å². The van der Waals surface area contributed by atoms with Gasteiger partial charge in [-0.05, 0) is 32.2 Å². The number of carbonyl (C=O) groups excluding carboxylic acids is 1. The number of amides is 1. The van der Waals surface area contributed by atoms with E-state index in [4.69, 9.17) is 0 Å². The van der Waals surface area contributed by atoms with Gasteiger partial charge in [0.15, 0.2) is 0 Å². The molecule has 0 aromatic carbocycles. The predicted octanol–water partition coefficient (Wildman–Crippen LogP) is 1.38. The third-order valence-corrected chi connectivity index (χ3v) is 3.95. The number of nitrogens with zero attached hydrogens (tertiary/aromatic N) is 1. The Morgan fingerprint density at radius 3 is 2.67 bits per heavy atom. The van der Waals surface area contributed by atoms with Crippen LogP contribution in [0.5, 0.6) is 0 Å². The molecule has 1 saturated heterocycles. The fourth-order valence-electron chi connectivity index (χ4n) is 2.30. The summed E-state index contributed by atoms with van der Waals surface area (Å²) >= 11 is 0. The molecule has 2 atom stereocenters. The molecule has 1 aliphatic heterocycles. The van der Waals surface area contributed by atoms with Gasteiger partial charge < -0.3 is 10.4 Å². The highest BCUT2D eigenvalue weighted by molar-refractivity contribution is 5.78. The van der Waals surface area contributed by atoms with Gasteiger partial charge in [-0.2, -0.15) is 0 Å². The van der Waals surface area contributed by atoms with Gasteiger partial charge in [0.2, 0.25) is 5.91 Å². The standard InChI is InChI=1S/C14H28N2O2/c1-11(2)12(3)15-14(18)9-16-8-6-4-5-7-13(16)10-17/h11-13,17H,4-10H2,1-3H3,(H,15,18). The molecule has 1 heterocycles. The summed E-state index contributed by atoms with van der Waals surface area (Å²) in [4.78, 5) is 14.1. The van der Waals surface area contributed by atoms with Crippen molar-refractivity contribution < 1.29 is 9.90 Å². The number of nitrogens with one attached hydrogen (secondary N) is 1. The molecule has 0 radical (unpaired) electrons. The minimum atomic E-state index is 0.0801. The van der Waals surface area contributed by atoms with Crippen LogP contribution in [0.25, 0.3) is 0 Å². The first kappa shape index (κ1) is 15.4. The molecule has 0 bridgehead atoms. The van der Waals surface area contributed by atoms with Crippen molar-refractivity contribution in [1.82, 2.24) is 10.2 Å². The average Bonchev–Trinajstić information content (AvgIpc) is 2.53. The van der Waals surface area contributed by atoms with E-state index in [-0.39, 0.29) is 24.6 Å². The summed E-state index contributed by atoms with van der Waals surface area (Å²) in [5.41, 5.74) is 0. The summed E-state index contributed by atoms with van der Waals surface area (Å²) in [6.45, 7) is 7.75. The molecule has 106 valence electrons. The van der Waals surface area contributed by atoms with Gasteiger partial charge in [-0.25, -0.2) is 0 Å². The first-order valence-electron chi connectivity index (χ1n) is 7.19. The van der Waals surface area contributed by atoms with E-state index < -0.39 is 0 Å². The van der Waals surface area contributed by atoms with E-state index in [1.165, 1.54) is 6.42 Å². The van der Waals surface area contributed by atoms with Crippen molar-refractivity contribution in [1.29, 1.82) is 0 Å². The lowest BCUT2D eigenvalue weighted by molar-refractivity contribution is -0.123. The molecular weight excluding hydrogens is 228 g/mol. The second-order valence-electron chi connectivity index (χ2n) is 5.76. The first-order valence-corrected chi connectivity index (χ1v) is 7.19. The molecule has 1 amide bonds. The Labute approximate surface area is 111 Å². The number of aliphatic hydroxyl groups is 1. The fraction of sp³-hybridized carbons (Fsp3) is 0.929. The molecule has 0 saturated carbocycles. The van der Waals surface area contributed by atoms with Crippen molar-refractivity contribution in [2.75, 3.05) is 19.7 Å². The Balaban J connectivity index is 2.45. The zero-order valence-electron chi connectivity index (χ0n) is 12.0. The van der Waals surface area contributed by atoms with Crippen molar-refractivity contribution in [3.8, 4) is 0 Å². The summed E-state index contributed by atoms with van der Waals surface area (Å²) in [5, 5.41) is 12.4. The predicted molar refractivity (Wildman–Crippen MR) is 73.4 cm³/mol. The minimum absolute atomic E-state index is 0.0801. The maximum absolute atomic E-state index is 12.0. The molecule has 4 heteroatoms. The highest BCUT2D eigenvalue weighted by Gasteiger charge is 2.23. The van der Waals surface area contributed by atoms with Crippen molar-refractivity contribution in [2.24, 2.45) is 5.92 Å². The van der Waals surface area contributed by atoms with E-state index in [2.05, 4.69) is 24.1 Å². The Morgan fingerprint density at radius 1 is 1.33 bits per heavy atom. The first-order chi connectivity index (χ1) is 8.54. The van der Waals surface area contributed by atoms with Crippen LogP contribution in [0, 0.1) is 5.92 Å². The fourth-order valence-corrected chi connectivity index (χ4v) is 2.30. The average molecular weight is 256 g/mol. The van der Waals surface area contributed by atoms with Crippen molar-refractivity contribution >= 4 is 5.91 Å². The second kappa shape index (κ2) is 7.74. The lowest BCUT2D eigenvalue weighted by atomic mass is 10.1.